The molecule has 0 aliphatic carbocycles. The van der Waals surface area contributed by atoms with E-state index in [0.717, 1.165) is 19.4 Å². The number of benzene rings is 1. The van der Waals surface area contributed by atoms with E-state index in [1.165, 1.54) is 11.3 Å². The number of anilines is 1. The summed E-state index contributed by atoms with van der Waals surface area (Å²) in [5, 5.41) is 0. The van der Waals surface area contributed by atoms with Crippen molar-refractivity contribution < 1.29 is 4.79 Å². The summed E-state index contributed by atoms with van der Waals surface area (Å²) in [5.41, 5.74) is 4.78. The number of carbonyl (C=O) groups is 1. The summed E-state index contributed by atoms with van der Waals surface area (Å²) in [6, 6.07) is 8.11. The van der Waals surface area contributed by atoms with E-state index >= 15 is 0 Å². The highest BCUT2D eigenvalue weighted by atomic mass is 16.2. The number of nitrogens with one attached hydrogen (secondary N) is 1. The second kappa shape index (κ2) is 5.40. The quantitative estimate of drug-likeness (QED) is 0.483. The molecule has 3 N–H and O–H groups in total. The van der Waals surface area contributed by atoms with Gasteiger partial charge in [0.05, 0.1) is 0 Å². The summed E-state index contributed by atoms with van der Waals surface area (Å²) in [6.07, 6.45) is 2.17. The van der Waals surface area contributed by atoms with Gasteiger partial charge in [-0.1, -0.05) is 32.0 Å². The maximum absolute atomic E-state index is 12.0. The molecule has 0 spiro atoms. The lowest BCUT2D eigenvalue weighted by Gasteiger charge is -2.38. The van der Waals surface area contributed by atoms with Gasteiger partial charge in [-0.15, -0.1) is 0 Å². The van der Waals surface area contributed by atoms with Crippen molar-refractivity contribution in [2.45, 2.75) is 32.7 Å². The van der Waals surface area contributed by atoms with Crippen molar-refractivity contribution in [3.63, 3.8) is 0 Å². The molecule has 0 radical (unpaired) electrons. The molecule has 1 unspecified atom stereocenters. The normalized spacial score (nSPS) is 16.3. The Balaban J connectivity index is 2.35. The largest absolute Gasteiger partial charge is 0.359 e. The lowest BCUT2D eigenvalue weighted by atomic mass is 9.95. The molecule has 18 heavy (non-hydrogen) atoms. The topological polar surface area (TPSA) is 58.4 Å². The second-order valence-electron chi connectivity index (χ2n) is 5.12. The summed E-state index contributed by atoms with van der Waals surface area (Å²) in [4.78, 5) is 14.2. The van der Waals surface area contributed by atoms with E-state index in [1.54, 1.807) is 0 Å². The first-order valence-corrected chi connectivity index (χ1v) is 6.50. The van der Waals surface area contributed by atoms with Crippen LogP contribution in [0.15, 0.2) is 24.3 Å². The highest BCUT2D eigenvalue weighted by molar-refractivity contribution is 5.85. The van der Waals surface area contributed by atoms with Crippen LogP contribution in [0, 0.1) is 5.92 Å². The molecule has 1 amide bonds. The second-order valence-corrected chi connectivity index (χ2v) is 5.12. The van der Waals surface area contributed by atoms with Crippen LogP contribution in [-0.4, -0.2) is 18.5 Å². The van der Waals surface area contributed by atoms with Crippen molar-refractivity contribution in [1.29, 1.82) is 0 Å². The van der Waals surface area contributed by atoms with E-state index < -0.39 is 0 Å². The summed E-state index contributed by atoms with van der Waals surface area (Å²) in [7, 11) is 0. The molecule has 4 nitrogen and oxygen atoms in total. The predicted octanol–water partition coefficient (Wildman–Crippen LogP) is 1.45. The Morgan fingerprint density at radius 3 is 2.78 bits per heavy atom. The minimum atomic E-state index is -0.198. The molecule has 0 bridgehead atoms. The zero-order chi connectivity index (χ0) is 13.1. The first-order chi connectivity index (χ1) is 8.65. The molecule has 1 aromatic carbocycles. The van der Waals surface area contributed by atoms with E-state index in [0.29, 0.717) is 0 Å². The van der Waals surface area contributed by atoms with Gasteiger partial charge in [-0.2, -0.15) is 0 Å². The number of rotatable bonds is 3. The number of carbonyl (C=O) groups excluding carboxylic acids is 1. The third kappa shape index (κ3) is 2.34. The number of hydrazine groups is 1. The van der Waals surface area contributed by atoms with Crippen LogP contribution in [0.25, 0.3) is 0 Å². The molecule has 1 atom stereocenters. The fraction of sp³-hybridized carbons (Fsp3) is 0.500. The maximum atomic E-state index is 12.0. The molecule has 0 fully saturated rings. The van der Waals surface area contributed by atoms with Gasteiger partial charge in [0.25, 0.3) is 5.91 Å². The van der Waals surface area contributed by atoms with Crippen molar-refractivity contribution in [1.82, 2.24) is 5.43 Å². The Labute approximate surface area is 108 Å². The lowest BCUT2D eigenvalue weighted by Crippen LogP contribution is -2.53. The van der Waals surface area contributed by atoms with Crippen LogP contribution in [0.1, 0.15) is 25.8 Å². The van der Waals surface area contributed by atoms with Gasteiger partial charge in [0.2, 0.25) is 0 Å². The van der Waals surface area contributed by atoms with Crippen LogP contribution in [0.3, 0.4) is 0 Å². The molecule has 1 heterocycles. The van der Waals surface area contributed by atoms with Crippen LogP contribution < -0.4 is 16.2 Å². The van der Waals surface area contributed by atoms with Crippen LogP contribution in [0.4, 0.5) is 5.69 Å². The van der Waals surface area contributed by atoms with Crippen molar-refractivity contribution in [3.8, 4) is 0 Å². The Morgan fingerprint density at radius 2 is 2.11 bits per heavy atom. The van der Waals surface area contributed by atoms with E-state index in [2.05, 4.69) is 42.4 Å². The Morgan fingerprint density at radius 1 is 1.39 bits per heavy atom. The van der Waals surface area contributed by atoms with Crippen molar-refractivity contribution in [2.75, 3.05) is 11.4 Å². The van der Waals surface area contributed by atoms with Gasteiger partial charge in [-0.05, 0) is 30.4 Å². The minimum Gasteiger partial charge on any atom is -0.359 e. The van der Waals surface area contributed by atoms with Crippen molar-refractivity contribution in [3.05, 3.63) is 29.8 Å². The van der Waals surface area contributed by atoms with Crippen molar-refractivity contribution in [2.24, 2.45) is 11.8 Å². The first-order valence-electron chi connectivity index (χ1n) is 6.50. The maximum Gasteiger partial charge on any atom is 0.256 e. The molecular weight excluding hydrogens is 226 g/mol. The number of para-hydroxylation sites is 1. The fourth-order valence-corrected chi connectivity index (χ4v) is 2.74. The fourth-order valence-electron chi connectivity index (χ4n) is 2.74. The van der Waals surface area contributed by atoms with E-state index in [9.17, 15) is 4.79 Å². The zero-order valence-electron chi connectivity index (χ0n) is 11.0. The summed E-state index contributed by atoms with van der Waals surface area (Å²) >= 11 is 0. The number of amides is 1. The van der Waals surface area contributed by atoms with Gasteiger partial charge >= 0.3 is 0 Å². The molecule has 1 aromatic rings. The average Bonchev–Trinajstić information content (AvgIpc) is 2.38. The average molecular weight is 247 g/mol. The number of hydrogen-bond acceptors (Lipinski definition) is 3. The van der Waals surface area contributed by atoms with Gasteiger partial charge < -0.3 is 4.90 Å². The molecular formula is C14H21N3O. The monoisotopic (exact) mass is 247 g/mol. The Bertz CT molecular complexity index is 431. The van der Waals surface area contributed by atoms with Gasteiger partial charge in [0, 0.05) is 12.2 Å². The first kappa shape index (κ1) is 12.9. The van der Waals surface area contributed by atoms with Crippen LogP contribution >= 0.6 is 0 Å². The summed E-state index contributed by atoms with van der Waals surface area (Å²) in [5.74, 6) is 5.42. The smallest absolute Gasteiger partial charge is 0.256 e. The summed E-state index contributed by atoms with van der Waals surface area (Å²) < 4.78 is 0. The molecule has 1 aliphatic heterocycles. The third-order valence-electron chi connectivity index (χ3n) is 3.52. The number of nitrogens with zero attached hydrogens (tertiary/aromatic N) is 1. The van der Waals surface area contributed by atoms with E-state index in [4.69, 9.17) is 5.84 Å². The third-order valence-corrected chi connectivity index (χ3v) is 3.52. The molecule has 1 aliphatic rings. The Hall–Kier alpha value is -1.55. The molecule has 98 valence electrons. The molecule has 4 heteroatoms. The van der Waals surface area contributed by atoms with E-state index in [-0.39, 0.29) is 17.9 Å². The minimum absolute atomic E-state index is 0.110. The van der Waals surface area contributed by atoms with Crippen LogP contribution in [-0.2, 0) is 11.2 Å². The number of hydrogen-bond donors (Lipinski definition) is 2. The number of aryl methyl sites for hydroxylation is 1. The van der Waals surface area contributed by atoms with Gasteiger partial charge in [0.15, 0.2) is 0 Å². The van der Waals surface area contributed by atoms with E-state index in [1.807, 2.05) is 6.07 Å². The number of nitrogens with two attached hydrogens (primary N) is 1. The molecule has 0 saturated carbocycles. The van der Waals surface area contributed by atoms with Crippen molar-refractivity contribution >= 4 is 11.6 Å². The van der Waals surface area contributed by atoms with Gasteiger partial charge in [-0.25, -0.2) is 5.84 Å². The predicted molar refractivity (Wildman–Crippen MR) is 73.1 cm³/mol. The lowest BCUT2D eigenvalue weighted by molar-refractivity contribution is -0.123. The number of fused-ring (bicyclic) bond motifs is 1. The van der Waals surface area contributed by atoms with Crippen LogP contribution in [0.5, 0.6) is 0 Å². The van der Waals surface area contributed by atoms with Crippen LogP contribution in [0.2, 0.25) is 0 Å². The Kier molecular flexibility index (Phi) is 3.87. The van der Waals surface area contributed by atoms with Gasteiger partial charge in [-0.3, -0.25) is 10.2 Å². The standard InChI is InChI=1S/C14H21N3O/c1-10(2)13(14(18)16-15)17-9-5-7-11-6-3-4-8-12(11)17/h3-4,6,8,10,13H,5,7,9,15H2,1-2H3,(H,16,18). The summed E-state index contributed by atoms with van der Waals surface area (Å²) in [6.45, 7) is 5.02. The SMILES string of the molecule is CC(C)C(C(=O)NN)N1CCCc2ccccc21. The highest BCUT2D eigenvalue weighted by Crippen LogP contribution is 2.30. The zero-order valence-corrected chi connectivity index (χ0v) is 11.0. The molecule has 0 saturated heterocycles. The van der Waals surface area contributed by atoms with Gasteiger partial charge in [0.1, 0.15) is 6.04 Å². The molecule has 2 rings (SSSR count). The molecule has 0 aromatic heterocycles. The highest BCUT2D eigenvalue weighted by Gasteiger charge is 2.31.